The molecule has 132 valence electrons. The fraction of sp³-hybridized carbons (Fsp3) is 0.647. The molecular formula is C17H30N2O4. The van der Waals surface area contributed by atoms with E-state index in [0.717, 1.165) is 13.1 Å². The summed E-state index contributed by atoms with van der Waals surface area (Å²) in [7, 11) is 1.98. The number of hydrogen-bond acceptors (Lipinski definition) is 6. The molecule has 6 nitrogen and oxygen atoms in total. The SMILES string of the molecule is C=CC(=O)OCCN(CC)C(C)CN(C)CCOC(=O)C(=C)C. The molecule has 0 aliphatic rings. The van der Waals surface area contributed by atoms with Crippen LogP contribution in [0, 0.1) is 0 Å². The first-order chi connectivity index (χ1) is 10.8. The van der Waals surface area contributed by atoms with Crippen LogP contribution in [0.4, 0.5) is 0 Å². The molecule has 0 aliphatic heterocycles. The molecular weight excluding hydrogens is 296 g/mol. The summed E-state index contributed by atoms with van der Waals surface area (Å²) >= 11 is 0. The van der Waals surface area contributed by atoms with Crippen molar-refractivity contribution in [3.05, 3.63) is 24.8 Å². The van der Waals surface area contributed by atoms with Crippen LogP contribution in [0.2, 0.25) is 0 Å². The molecule has 0 N–H and O–H groups in total. The van der Waals surface area contributed by atoms with Crippen LogP contribution < -0.4 is 0 Å². The summed E-state index contributed by atoms with van der Waals surface area (Å²) in [5.41, 5.74) is 0.409. The second-order valence-electron chi connectivity index (χ2n) is 5.53. The number of carbonyl (C=O) groups excluding carboxylic acids is 2. The Bertz CT molecular complexity index is 409. The topological polar surface area (TPSA) is 59.1 Å². The van der Waals surface area contributed by atoms with Crippen molar-refractivity contribution < 1.29 is 19.1 Å². The summed E-state index contributed by atoms with van der Waals surface area (Å²) in [4.78, 5) is 26.7. The molecule has 0 aromatic rings. The average Bonchev–Trinajstić information content (AvgIpc) is 2.50. The van der Waals surface area contributed by atoms with Crippen molar-refractivity contribution in [2.75, 3.05) is 46.4 Å². The Balaban J connectivity index is 4.08. The predicted octanol–water partition coefficient (Wildman–Crippen LogP) is 1.48. The summed E-state index contributed by atoms with van der Waals surface area (Å²) in [5, 5.41) is 0. The van der Waals surface area contributed by atoms with Gasteiger partial charge in [0.1, 0.15) is 13.2 Å². The van der Waals surface area contributed by atoms with E-state index in [0.29, 0.717) is 37.9 Å². The first-order valence-electron chi connectivity index (χ1n) is 7.86. The van der Waals surface area contributed by atoms with Gasteiger partial charge in [-0.2, -0.15) is 0 Å². The summed E-state index contributed by atoms with van der Waals surface area (Å²) in [5.74, 6) is -0.754. The minimum Gasteiger partial charge on any atom is -0.461 e. The summed E-state index contributed by atoms with van der Waals surface area (Å²) < 4.78 is 10.1. The molecule has 0 rings (SSSR count). The Hall–Kier alpha value is -1.66. The third-order valence-corrected chi connectivity index (χ3v) is 3.45. The monoisotopic (exact) mass is 326 g/mol. The number of carbonyl (C=O) groups is 2. The molecule has 23 heavy (non-hydrogen) atoms. The molecule has 0 amide bonds. The van der Waals surface area contributed by atoms with Crippen molar-refractivity contribution in [3.63, 3.8) is 0 Å². The fourth-order valence-corrected chi connectivity index (χ4v) is 2.09. The van der Waals surface area contributed by atoms with Crippen molar-refractivity contribution in [2.24, 2.45) is 0 Å². The highest BCUT2D eigenvalue weighted by Gasteiger charge is 2.15. The van der Waals surface area contributed by atoms with Crippen LogP contribution in [-0.4, -0.2) is 74.2 Å². The van der Waals surface area contributed by atoms with E-state index >= 15 is 0 Å². The minimum atomic E-state index is -0.398. The first-order valence-corrected chi connectivity index (χ1v) is 7.86. The lowest BCUT2D eigenvalue weighted by atomic mass is 10.2. The quantitative estimate of drug-likeness (QED) is 0.400. The normalized spacial score (nSPS) is 12.1. The van der Waals surface area contributed by atoms with Gasteiger partial charge in [0.15, 0.2) is 0 Å². The highest BCUT2D eigenvalue weighted by molar-refractivity contribution is 5.86. The molecule has 1 atom stereocenters. The molecule has 0 saturated heterocycles. The number of ether oxygens (including phenoxy) is 2. The maximum Gasteiger partial charge on any atom is 0.333 e. The van der Waals surface area contributed by atoms with Crippen LogP contribution in [0.3, 0.4) is 0 Å². The molecule has 0 fully saturated rings. The maximum atomic E-state index is 11.3. The van der Waals surface area contributed by atoms with Crippen molar-refractivity contribution in [2.45, 2.75) is 26.8 Å². The number of hydrogen-bond donors (Lipinski definition) is 0. The summed E-state index contributed by atoms with van der Waals surface area (Å²) in [6.07, 6.45) is 1.17. The molecule has 0 radical (unpaired) electrons. The zero-order valence-electron chi connectivity index (χ0n) is 14.8. The third kappa shape index (κ3) is 9.86. The van der Waals surface area contributed by atoms with Gasteiger partial charge in [0.25, 0.3) is 0 Å². The standard InChI is InChI=1S/C17H30N2O4/c1-7-16(20)22-12-10-19(8-2)15(5)13-18(6)9-11-23-17(21)14(3)4/h7,15H,1,3,8-13H2,2,4-6H3. The Morgan fingerprint density at radius 1 is 1.22 bits per heavy atom. The van der Waals surface area contributed by atoms with E-state index in [1.54, 1.807) is 6.92 Å². The Morgan fingerprint density at radius 2 is 1.83 bits per heavy atom. The van der Waals surface area contributed by atoms with Crippen molar-refractivity contribution >= 4 is 11.9 Å². The molecule has 0 aromatic carbocycles. The lowest BCUT2D eigenvalue weighted by molar-refractivity contribution is -0.140. The molecule has 0 aliphatic carbocycles. The Kier molecular flexibility index (Phi) is 11.0. The molecule has 0 heterocycles. The Labute approximate surface area is 139 Å². The van der Waals surface area contributed by atoms with E-state index in [4.69, 9.17) is 9.47 Å². The fourth-order valence-electron chi connectivity index (χ4n) is 2.09. The van der Waals surface area contributed by atoms with E-state index < -0.39 is 5.97 Å². The van der Waals surface area contributed by atoms with Gasteiger partial charge in [-0.1, -0.05) is 20.1 Å². The number of rotatable bonds is 12. The van der Waals surface area contributed by atoms with E-state index in [1.807, 2.05) is 7.05 Å². The van der Waals surface area contributed by atoms with Crippen LogP contribution >= 0.6 is 0 Å². The lowest BCUT2D eigenvalue weighted by Gasteiger charge is -2.30. The molecule has 0 spiro atoms. The van der Waals surface area contributed by atoms with E-state index in [9.17, 15) is 9.59 Å². The van der Waals surface area contributed by atoms with Gasteiger partial charge >= 0.3 is 11.9 Å². The average molecular weight is 326 g/mol. The van der Waals surface area contributed by atoms with Crippen LogP contribution in [0.25, 0.3) is 0 Å². The van der Waals surface area contributed by atoms with Gasteiger partial charge in [-0.15, -0.1) is 0 Å². The van der Waals surface area contributed by atoms with Gasteiger partial charge in [0.2, 0.25) is 0 Å². The largest absolute Gasteiger partial charge is 0.461 e. The first kappa shape index (κ1) is 21.3. The Morgan fingerprint density at radius 3 is 2.35 bits per heavy atom. The van der Waals surface area contributed by atoms with Gasteiger partial charge < -0.3 is 14.4 Å². The number of nitrogens with zero attached hydrogens (tertiary/aromatic N) is 2. The van der Waals surface area contributed by atoms with Crippen LogP contribution in [0.5, 0.6) is 0 Å². The van der Waals surface area contributed by atoms with E-state index in [1.165, 1.54) is 6.08 Å². The van der Waals surface area contributed by atoms with Crippen molar-refractivity contribution in [1.82, 2.24) is 9.80 Å². The number of likely N-dealkylation sites (N-methyl/N-ethyl adjacent to an activating group) is 2. The summed E-state index contributed by atoms with van der Waals surface area (Å²) in [6, 6.07) is 0.296. The van der Waals surface area contributed by atoms with Gasteiger partial charge in [0, 0.05) is 37.3 Å². The minimum absolute atomic E-state index is 0.296. The van der Waals surface area contributed by atoms with E-state index in [2.05, 4.69) is 36.8 Å². The molecule has 0 aromatic heterocycles. The molecule has 0 saturated carbocycles. The zero-order valence-corrected chi connectivity index (χ0v) is 14.8. The summed E-state index contributed by atoms with van der Waals surface area (Å²) in [6.45, 7) is 16.5. The molecule has 0 bridgehead atoms. The maximum absolute atomic E-state index is 11.3. The van der Waals surface area contributed by atoms with Gasteiger partial charge in [-0.25, -0.2) is 9.59 Å². The lowest BCUT2D eigenvalue weighted by Crippen LogP contribution is -2.43. The van der Waals surface area contributed by atoms with Crippen molar-refractivity contribution in [1.29, 1.82) is 0 Å². The van der Waals surface area contributed by atoms with Gasteiger partial charge in [-0.05, 0) is 27.4 Å². The highest BCUT2D eigenvalue weighted by atomic mass is 16.5. The second-order valence-corrected chi connectivity index (χ2v) is 5.53. The predicted molar refractivity (Wildman–Crippen MR) is 91.1 cm³/mol. The zero-order chi connectivity index (χ0) is 17.8. The third-order valence-electron chi connectivity index (χ3n) is 3.45. The van der Waals surface area contributed by atoms with Gasteiger partial charge in [-0.3, -0.25) is 4.90 Å². The van der Waals surface area contributed by atoms with Crippen LogP contribution in [-0.2, 0) is 19.1 Å². The van der Waals surface area contributed by atoms with E-state index in [-0.39, 0.29) is 5.97 Å². The van der Waals surface area contributed by atoms with Crippen LogP contribution in [0.1, 0.15) is 20.8 Å². The second kappa shape index (κ2) is 11.8. The number of esters is 2. The molecule has 6 heteroatoms. The van der Waals surface area contributed by atoms with Crippen LogP contribution in [0.15, 0.2) is 24.8 Å². The molecule has 1 unspecified atom stereocenters. The van der Waals surface area contributed by atoms with Crippen molar-refractivity contribution in [3.8, 4) is 0 Å². The van der Waals surface area contributed by atoms with Gasteiger partial charge in [0.05, 0.1) is 0 Å². The smallest absolute Gasteiger partial charge is 0.333 e. The highest BCUT2D eigenvalue weighted by Crippen LogP contribution is 2.02.